The molecule has 2 aromatic heterocycles. The highest BCUT2D eigenvalue weighted by Crippen LogP contribution is 2.29. The van der Waals surface area contributed by atoms with Gasteiger partial charge in [-0.25, -0.2) is 0 Å². The monoisotopic (exact) mass is 353 g/mol. The molecule has 1 aliphatic carbocycles. The molecule has 0 saturated heterocycles. The first-order valence-electron chi connectivity index (χ1n) is 9.70. The third-order valence-corrected chi connectivity index (χ3v) is 5.60. The molecule has 0 bridgehead atoms. The van der Waals surface area contributed by atoms with Gasteiger partial charge in [-0.2, -0.15) is 0 Å². The lowest BCUT2D eigenvalue weighted by molar-refractivity contribution is -0.134. The molecule has 1 atom stereocenters. The van der Waals surface area contributed by atoms with Crippen LogP contribution < -0.4 is 0 Å². The van der Waals surface area contributed by atoms with Crippen molar-refractivity contribution in [2.45, 2.75) is 57.9 Å². The summed E-state index contributed by atoms with van der Waals surface area (Å²) in [5.41, 5.74) is 2.26. The van der Waals surface area contributed by atoms with Crippen molar-refractivity contribution in [1.82, 2.24) is 14.5 Å². The topological polar surface area (TPSA) is 47.4 Å². The maximum atomic E-state index is 12.9. The van der Waals surface area contributed by atoms with Crippen molar-refractivity contribution >= 4 is 5.91 Å². The molecule has 1 fully saturated rings. The Morgan fingerprint density at radius 1 is 1.19 bits per heavy atom. The molecule has 2 aliphatic rings. The van der Waals surface area contributed by atoms with Gasteiger partial charge in [-0.3, -0.25) is 9.78 Å². The zero-order valence-electron chi connectivity index (χ0n) is 15.2. The quantitative estimate of drug-likeness (QED) is 0.828. The van der Waals surface area contributed by atoms with Crippen molar-refractivity contribution in [3.05, 3.63) is 54.1 Å². The average molecular weight is 353 g/mol. The molecule has 1 saturated carbocycles. The number of hydrogen-bond acceptors (Lipinski definition) is 3. The summed E-state index contributed by atoms with van der Waals surface area (Å²) in [6.45, 7) is 2.66. The van der Waals surface area contributed by atoms with E-state index in [1.165, 1.54) is 31.4 Å². The fourth-order valence-corrected chi connectivity index (χ4v) is 4.14. The van der Waals surface area contributed by atoms with Gasteiger partial charge < -0.3 is 14.2 Å². The van der Waals surface area contributed by atoms with Crippen LogP contribution in [0.3, 0.4) is 0 Å². The number of carbonyl (C=O) groups excluding carboxylic acids is 1. The number of rotatable bonds is 5. The third kappa shape index (κ3) is 4.15. The highest BCUT2D eigenvalue weighted by Gasteiger charge is 2.27. The van der Waals surface area contributed by atoms with Gasteiger partial charge in [0.2, 0.25) is 5.91 Å². The lowest BCUT2D eigenvalue weighted by Crippen LogP contribution is -2.37. The molecule has 4 rings (SSSR count). The minimum absolute atomic E-state index is 0.00335. The van der Waals surface area contributed by atoms with Gasteiger partial charge in [0, 0.05) is 37.3 Å². The van der Waals surface area contributed by atoms with Crippen LogP contribution in [0.5, 0.6) is 0 Å². The molecule has 138 valence electrons. The number of hydrogen-bond donors (Lipinski definition) is 0. The molecule has 1 amide bonds. The predicted octanol–water partition coefficient (Wildman–Crippen LogP) is 3.39. The van der Waals surface area contributed by atoms with Crippen molar-refractivity contribution in [2.75, 3.05) is 6.54 Å². The van der Waals surface area contributed by atoms with Crippen LogP contribution in [0, 0.1) is 5.92 Å². The van der Waals surface area contributed by atoms with Crippen molar-refractivity contribution in [3.63, 3.8) is 0 Å². The van der Waals surface area contributed by atoms with Gasteiger partial charge >= 0.3 is 0 Å². The predicted molar refractivity (Wildman–Crippen MR) is 99.2 cm³/mol. The second-order valence-electron chi connectivity index (χ2n) is 7.58. The lowest BCUT2D eigenvalue weighted by atomic mass is 10.0. The summed E-state index contributed by atoms with van der Waals surface area (Å²) in [6.07, 6.45) is 11.3. The van der Waals surface area contributed by atoms with E-state index in [-0.39, 0.29) is 12.0 Å². The summed E-state index contributed by atoms with van der Waals surface area (Å²) in [6, 6.07) is 8.11. The minimum Gasteiger partial charge on any atom is -0.370 e. The van der Waals surface area contributed by atoms with E-state index < -0.39 is 0 Å². The number of fused-ring (bicyclic) bond motifs is 1. The largest absolute Gasteiger partial charge is 0.370 e. The van der Waals surface area contributed by atoms with Crippen LogP contribution in [0.25, 0.3) is 0 Å². The Labute approximate surface area is 155 Å². The second-order valence-corrected chi connectivity index (χ2v) is 7.58. The molecule has 0 unspecified atom stereocenters. The van der Waals surface area contributed by atoms with E-state index >= 15 is 0 Å². The molecule has 2 aromatic rings. The number of ether oxygens (including phenoxy) is 1. The summed E-state index contributed by atoms with van der Waals surface area (Å²) >= 11 is 0. The Morgan fingerprint density at radius 3 is 2.88 bits per heavy atom. The molecule has 0 N–H and O–H groups in total. The Kier molecular flexibility index (Phi) is 5.34. The third-order valence-electron chi connectivity index (χ3n) is 5.60. The van der Waals surface area contributed by atoms with Crippen molar-refractivity contribution in [2.24, 2.45) is 5.92 Å². The molecule has 0 spiro atoms. The van der Waals surface area contributed by atoms with Crippen molar-refractivity contribution in [1.29, 1.82) is 0 Å². The molecular weight excluding hydrogens is 326 g/mol. The number of amides is 1. The highest BCUT2D eigenvalue weighted by atomic mass is 16.5. The van der Waals surface area contributed by atoms with E-state index in [9.17, 15) is 4.79 Å². The van der Waals surface area contributed by atoms with Crippen LogP contribution in [-0.4, -0.2) is 33.0 Å². The number of pyridine rings is 1. The van der Waals surface area contributed by atoms with Gasteiger partial charge in [-0.05, 0) is 42.5 Å². The molecule has 26 heavy (non-hydrogen) atoms. The summed E-state index contributed by atoms with van der Waals surface area (Å²) in [4.78, 5) is 19.1. The van der Waals surface area contributed by atoms with Gasteiger partial charge in [0.25, 0.3) is 0 Å². The normalized spacial score (nSPS) is 20.8. The maximum Gasteiger partial charge on any atom is 0.223 e. The first-order valence-corrected chi connectivity index (χ1v) is 9.70. The lowest BCUT2D eigenvalue weighted by Gasteiger charge is -2.25. The van der Waals surface area contributed by atoms with Crippen LogP contribution in [0.2, 0.25) is 0 Å². The highest BCUT2D eigenvalue weighted by molar-refractivity contribution is 5.76. The van der Waals surface area contributed by atoms with Crippen LogP contribution in [0.4, 0.5) is 0 Å². The van der Waals surface area contributed by atoms with Crippen LogP contribution in [0.15, 0.2) is 42.9 Å². The average Bonchev–Trinajstić information content (AvgIpc) is 3.29. The molecular formula is C21H27N3O2. The summed E-state index contributed by atoms with van der Waals surface area (Å²) in [5, 5.41) is 0. The Bertz CT molecular complexity index is 722. The summed E-state index contributed by atoms with van der Waals surface area (Å²) in [7, 11) is 0. The van der Waals surface area contributed by atoms with Crippen molar-refractivity contribution < 1.29 is 9.53 Å². The molecule has 1 aliphatic heterocycles. The van der Waals surface area contributed by atoms with Crippen LogP contribution in [-0.2, 0) is 29.2 Å². The first kappa shape index (κ1) is 17.3. The summed E-state index contributed by atoms with van der Waals surface area (Å²) in [5.74, 6) is 0.855. The molecule has 0 aromatic carbocycles. The first-order chi connectivity index (χ1) is 12.8. The minimum atomic E-state index is -0.00335. The van der Waals surface area contributed by atoms with E-state index in [4.69, 9.17) is 4.74 Å². The molecule has 0 radical (unpaired) electrons. The van der Waals surface area contributed by atoms with Gasteiger partial charge in [-0.1, -0.05) is 18.9 Å². The van der Waals surface area contributed by atoms with Crippen LogP contribution >= 0.6 is 0 Å². The van der Waals surface area contributed by atoms with E-state index in [1.807, 2.05) is 23.2 Å². The number of aromatic nitrogens is 2. The SMILES string of the molecule is O=C(CC1CCCC1)N1Cc2cccn2C[C@@H](OCc2cccnc2)C1. The van der Waals surface area contributed by atoms with Gasteiger partial charge in [-0.15, -0.1) is 0 Å². The van der Waals surface area contributed by atoms with Gasteiger partial charge in [0.1, 0.15) is 0 Å². The number of nitrogens with zero attached hydrogens (tertiary/aromatic N) is 3. The Morgan fingerprint density at radius 2 is 2.08 bits per heavy atom. The smallest absolute Gasteiger partial charge is 0.223 e. The Hall–Kier alpha value is -2.14. The second kappa shape index (κ2) is 8.04. The van der Waals surface area contributed by atoms with E-state index in [2.05, 4.69) is 27.9 Å². The Balaban J connectivity index is 1.43. The zero-order valence-corrected chi connectivity index (χ0v) is 15.2. The van der Waals surface area contributed by atoms with Crippen molar-refractivity contribution in [3.8, 4) is 0 Å². The molecule has 3 heterocycles. The molecule has 5 nitrogen and oxygen atoms in total. The number of carbonyl (C=O) groups is 1. The van der Waals surface area contributed by atoms with E-state index in [0.29, 0.717) is 32.0 Å². The maximum absolute atomic E-state index is 12.9. The standard InChI is InChI=1S/C21H27N3O2/c25-21(11-17-5-1-2-6-17)24-13-19-8-4-10-23(19)14-20(15-24)26-16-18-7-3-9-22-12-18/h3-4,7-10,12,17,20H,1-2,5-6,11,13-16H2/t20-/m1/s1. The van der Waals surface area contributed by atoms with E-state index in [1.54, 1.807) is 6.20 Å². The fourth-order valence-electron chi connectivity index (χ4n) is 4.14. The zero-order chi connectivity index (χ0) is 17.8. The van der Waals surface area contributed by atoms with Crippen LogP contribution in [0.1, 0.15) is 43.4 Å². The summed E-state index contributed by atoms with van der Waals surface area (Å²) < 4.78 is 8.39. The molecule has 5 heteroatoms. The fraction of sp³-hybridized carbons (Fsp3) is 0.524. The van der Waals surface area contributed by atoms with Gasteiger partial charge in [0.05, 0.1) is 25.8 Å². The van der Waals surface area contributed by atoms with E-state index in [0.717, 1.165) is 12.1 Å². The van der Waals surface area contributed by atoms with Gasteiger partial charge in [0.15, 0.2) is 0 Å².